The summed E-state index contributed by atoms with van der Waals surface area (Å²) in [6.45, 7) is 7.69. The zero-order valence-electron chi connectivity index (χ0n) is 29.2. The fraction of sp³-hybridized carbons (Fsp3) is 0.667. The van der Waals surface area contributed by atoms with Crippen LogP contribution in [0, 0.1) is 6.92 Å². The largest absolute Gasteiger partial charge is 0.391 e. The lowest BCUT2D eigenvalue weighted by atomic mass is 10.00. The Hall–Kier alpha value is -2.51. The molecule has 1 fully saturated rings. The predicted molar refractivity (Wildman–Crippen MR) is 198 cm³/mol. The summed E-state index contributed by atoms with van der Waals surface area (Å²) in [6, 6.07) is 6.32. The third kappa shape index (κ3) is 12.7. The second-order valence-electron chi connectivity index (χ2n) is 13.4. The van der Waals surface area contributed by atoms with Crippen molar-refractivity contribution in [3.05, 3.63) is 41.0 Å². The molecule has 268 valence electrons. The molecule has 3 atom stereocenters. The molecule has 2 aromatic rings. The van der Waals surface area contributed by atoms with Crippen molar-refractivity contribution in [3.63, 3.8) is 0 Å². The van der Waals surface area contributed by atoms with Crippen LogP contribution in [0.4, 0.5) is 0 Å². The van der Waals surface area contributed by atoms with Gasteiger partial charge in [0.1, 0.15) is 12.1 Å². The molecular weight excluding hydrogens is 645 g/mol. The van der Waals surface area contributed by atoms with Crippen molar-refractivity contribution in [2.45, 2.75) is 127 Å². The van der Waals surface area contributed by atoms with Gasteiger partial charge in [-0.25, -0.2) is 4.98 Å². The number of hydrogen-bond acceptors (Lipinski definition) is 9. The first-order chi connectivity index (χ1) is 23.1. The standard InChI is InChI=1S/C36H58N6O4S2/c1-26-32(47-25-40-26)28-17-15-27(16-18-28)23-39-34(45)30-22-29(43)24-42(30)35(46)33(36(2,3)48-21-13-9-8-12-20-38)41-31(44)14-10-6-4-5-7-11-19-37/h15-18,25,29-30,33,43H,4-14,19-24,37-38H2,1-3H3,(H,39,45)(H,41,44)/t29-,30+,33-/m1/s1. The number of thiazole rings is 1. The molecule has 3 rings (SSSR count). The molecule has 12 heteroatoms. The number of nitrogens with one attached hydrogen (secondary N) is 2. The van der Waals surface area contributed by atoms with Gasteiger partial charge in [0.05, 0.1) is 22.2 Å². The van der Waals surface area contributed by atoms with E-state index in [4.69, 9.17) is 11.5 Å². The van der Waals surface area contributed by atoms with E-state index in [-0.39, 0.29) is 30.7 Å². The first kappa shape index (κ1) is 39.9. The Morgan fingerprint density at radius 2 is 1.62 bits per heavy atom. The molecule has 48 heavy (non-hydrogen) atoms. The molecule has 0 bridgehead atoms. The number of nitrogens with zero attached hydrogens (tertiary/aromatic N) is 2. The summed E-state index contributed by atoms with van der Waals surface area (Å²) in [5.74, 6) is 0.0391. The minimum atomic E-state index is -0.841. The molecule has 0 aliphatic carbocycles. The van der Waals surface area contributed by atoms with Crippen LogP contribution in [0.5, 0.6) is 0 Å². The van der Waals surface area contributed by atoms with E-state index in [1.807, 2.05) is 50.5 Å². The lowest BCUT2D eigenvalue weighted by Crippen LogP contribution is -2.59. The number of carbonyl (C=O) groups excluding carboxylic acids is 3. The minimum Gasteiger partial charge on any atom is -0.391 e. The van der Waals surface area contributed by atoms with Gasteiger partial charge in [0, 0.05) is 30.7 Å². The summed E-state index contributed by atoms with van der Waals surface area (Å²) in [6.07, 6.45) is 9.78. The molecule has 1 saturated heterocycles. The van der Waals surface area contributed by atoms with Crippen molar-refractivity contribution in [1.82, 2.24) is 20.5 Å². The SMILES string of the molecule is Cc1ncsc1-c1ccc(CNC(=O)[C@@H]2C[C@@H](O)CN2C(=O)[C@@H](NC(=O)CCCCCCCCN)C(C)(C)SCCCCCCN)cc1. The number of benzene rings is 1. The fourth-order valence-electron chi connectivity index (χ4n) is 6.05. The van der Waals surface area contributed by atoms with Gasteiger partial charge >= 0.3 is 0 Å². The number of hydrogen-bond donors (Lipinski definition) is 5. The maximum absolute atomic E-state index is 14.3. The lowest BCUT2D eigenvalue weighted by molar-refractivity contribution is -0.142. The van der Waals surface area contributed by atoms with E-state index in [2.05, 4.69) is 15.6 Å². The third-order valence-electron chi connectivity index (χ3n) is 8.97. The summed E-state index contributed by atoms with van der Waals surface area (Å²) in [5.41, 5.74) is 16.0. The highest BCUT2D eigenvalue weighted by Crippen LogP contribution is 2.33. The summed E-state index contributed by atoms with van der Waals surface area (Å²) < 4.78 is -0.629. The Kier molecular flexibility index (Phi) is 17.4. The van der Waals surface area contributed by atoms with Crippen molar-refractivity contribution >= 4 is 40.8 Å². The van der Waals surface area contributed by atoms with Gasteiger partial charge in [-0.15, -0.1) is 11.3 Å². The maximum atomic E-state index is 14.3. The van der Waals surface area contributed by atoms with Gasteiger partial charge in [0.2, 0.25) is 17.7 Å². The molecular formula is C36H58N6O4S2. The Labute approximate surface area is 295 Å². The minimum absolute atomic E-state index is 0.0504. The topological polar surface area (TPSA) is 164 Å². The number of carbonyl (C=O) groups is 3. The molecule has 1 aromatic heterocycles. The smallest absolute Gasteiger partial charge is 0.247 e. The van der Waals surface area contributed by atoms with Gasteiger partial charge in [-0.05, 0) is 76.4 Å². The van der Waals surface area contributed by atoms with Crippen LogP contribution >= 0.6 is 23.1 Å². The number of β-amino-alcohol motifs (C(OH)–C–C–N with tert-alkyl or cyclic N) is 1. The molecule has 1 aliphatic heterocycles. The molecule has 2 heterocycles. The van der Waals surface area contributed by atoms with Gasteiger partial charge in [0.25, 0.3) is 0 Å². The maximum Gasteiger partial charge on any atom is 0.247 e. The van der Waals surface area contributed by atoms with Gasteiger partial charge in [-0.1, -0.05) is 62.8 Å². The average molecular weight is 703 g/mol. The van der Waals surface area contributed by atoms with E-state index in [9.17, 15) is 19.5 Å². The number of aliphatic hydroxyl groups excluding tert-OH is 1. The van der Waals surface area contributed by atoms with Crippen molar-refractivity contribution in [1.29, 1.82) is 0 Å². The molecule has 3 amide bonds. The van der Waals surface area contributed by atoms with Crippen LogP contribution in [-0.2, 0) is 20.9 Å². The molecule has 0 spiro atoms. The first-order valence-electron chi connectivity index (χ1n) is 17.7. The number of thioether (sulfide) groups is 1. The number of rotatable bonds is 22. The van der Waals surface area contributed by atoms with Crippen molar-refractivity contribution in [2.24, 2.45) is 11.5 Å². The Morgan fingerprint density at radius 3 is 2.25 bits per heavy atom. The van der Waals surface area contributed by atoms with E-state index < -0.39 is 22.9 Å². The predicted octanol–water partition coefficient (Wildman–Crippen LogP) is 4.90. The van der Waals surface area contributed by atoms with E-state index >= 15 is 0 Å². The Morgan fingerprint density at radius 1 is 1.00 bits per heavy atom. The number of unbranched alkanes of at least 4 members (excludes halogenated alkanes) is 8. The Bertz CT molecular complexity index is 1270. The number of nitrogens with two attached hydrogens (primary N) is 2. The summed E-state index contributed by atoms with van der Waals surface area (Å²) in [5, 5.41) is 16.7. The van der Waals surface area contributed by atoms with Crippen LogP contribution in [0.2, 0.25) is 0 Å². The van der Waals surface area contributed by atoms with Gasteiger partial charge in [-0.2, -0.15) is 11.8 Å². The van der Waals surface area contributed by atoms with Crippen LogP contribution in [0.1, 0.15) is 102 Å². The zero-order chi connectivity index (χ0) is 34.9. The third-order valence-corrected chi connectivity index (χ3v) is 11.4. The number of amides is 3. The second kappa shape index (κ2) is 20.9. The highest BCUT2D eigenvalue weighted by molar-refractivity contribution is 8.00. The van der Waals surface area contributed by atoms with Gasteiger partial charge in [-0.3, -0.25) is 14.4 Å². The summed E-state index contributed by atoms with van der Waals surface area (Å²) in [4.78, 5) is 47.9. The van der Waals surface area contributed by atoms with Gasteiger partial charge in [0.15, 0.2) is 0 Å². The normalized spacial score (nSPS) is 17.0. The van der Waals surface area contributed by atoms with Crippen LogP contribution in [-0.4, -0.2) is 81.0 Å². The van der Waals surface area contributed by atoms with Crippen LogP contribution in [0.3, 0.4) is 0 Å². The zero-order valence-corrected chi connectivity index (χ0v) is 30.8. The summed E-state index contributed by atoms with van der Waals surface area (Å²) in [7, 11) is 0. The Balaban J connectivity index is 1.65. The van der Waals surface area contributed by atoms with E-state index in [0.717, 1.165) is 91.7 Å². The molecule has 0 saturated carbocycles. The molecule has 0 radical (unpaired) electrons. The summed E-state index contributed by atoms with van der Waals surface area (Å²) >= 11 is 3.25. The molecule has 1 aromatic carbocycles. The van der Waals surface area contributed by atoms with E-state index in [1.54, 1.807) is 23.1 Å². The van der Waals surface area contributed by atoms with Crippen LogP contribution < -0.4 is 22.1 Å². The average Bonchev–Trinajstić information content (AvgIpc) is 3.68. The molecule has 1 aliphatic rings. The molecule has 7 N–H and O–H groups in total. The number of aromatic nitrogens is 1. The van der Waals surface area contributed by atoms with E-state index in [0.29, 0.717) is 26.1 Å². The second-order valence-corrected chi connectivity index (χ2v) is 16.0. The highest BCUT2D eigenvalue weighted by Gasteiger charge is 2.46. The van der Waals surface area contributed by atoms with Crippen LogP contribution in [0.25, 0.3) is 10.4 Å². The number of aliphatic hydroxyl groups is 1. The monoisotopic (exact) mass is 702 g/mol. The van der Waals surface area contributed by atoms with Crippen molar-refractivity contribution in [2.75, 3.05) is 25.4 Å². The first-order valence-corrected chi connectivity index (χ1v) is 19.5. The quantitative estimate of drug-likeness (QED) is 0.108. The van der Waals surface area contributed by atoms with E-state index in [1.165, 1.54) is 4.90 Å². The van der Waals surface area contributed by atoms with Gasteiger partial charge < -0.3 is 32.1 Å². The molecule has 0 unspecified atom stereocenters. The molecule has 10 nitrogen and oxygen atoms in total. The fourth-order valence-corrected chi connectivity index (χ4v) is 8.07. The number of aryl methyl sites for hydroxylation is 1. The highest BCUT2D eigenvalue weighted by atomic mass is 32.2. The van der Waals surface area contributed by atoms with Crippen LogP contribution in [0.15, 0.2) is 29.8 Å². The number of likely N-dealkylation sites (tertiary alicyclic amines) is 1. The van der Waals surface area contributed by atoms with Crippen molar-refractivity contribution in [3.8, 4) is 10.4 Å². The lowest BCUT2D eigenvalue weighted by Gasteiger charge is -2.37. The van der Waals surface area contributed by atoms with Crippen molar-refractivity contribution < 1.29 is 19.5 Å².